The number of non-ortho nitro benzene ring substituents is 1. The summed E-state index contributed by atoms with van der Waals surface area (Å²) in [5.74, 6) is 0. The lowest BCUT2D eigenvalue weighted by Crippen LogP contribution is -2.10. The molecular weight excluding hydrogens is 239 g/mol. The van der Waals surface area contributed by atoms with Gasteiger partial charge in [0.25, 0.3) is 5.69 Å². The zero-order valence-corrected chi connectivity index (χ0v) is 8.53. The Kier molecular flexibility index (Phi) is 3.82. The Morgan fingerprint density at radius 2 is 2.00 bits per heavy atom. The highest BCUT2D eigenvalue weighted by Crippen LogP contribution is 2.34. The molecule has 92 valence electrons. The molecule has 1 aromatic rings. The molecule has 0 saturated heterocycles. The molecule has 0 spiro atoms. The minimum atomic E-state index is -4.66. The van der Waals surface area contributed by atoms with Crippen LogP contribution < -0.4 is 0 Å². The smallest absolute Gasteiger partial charge is 0.303 e. The van der Waals surface area contributed by atoms with Crippen LogP contribution in [0.3, 0.4) is 0 Å². The van der Waals surface area contributed by atoms with E-state index in [1.165, 1.54) is 0 Å². The van der Waals surface area contributed by atoms with Gasteiger partial charge in [0.1, 0.15) is 6.29 Å². The van der Waals surface area contributed by atoms with Crippen LogP contribution in [0.5, 0.6) is 0 Å². The van der Waals surface area contributed by atoms with E-state index in [0.717, 1.165) is 12.1 Å². The van der Waals surface area contributed by atoms with E-state index in [4.69, 9.17) is 0 Å². The Labute approximate surface area is 94.2 Å². The quantitative estimate of drug-likeness (QED) is 0.467. The van der Waals surface area contributed by atoms with Crippen molar-refractivity contribution in [1.29, 1.82) is 0 Å². The topological polar surface area (TPSA) is 60.2 Å². The molecule has 0 atom stereocenters. The summed E-state index contributed by atoms with van der Waals surface area (Å²) >= 11 is 0. The Hall–Kier alpha value is -1.92. The van der Waals surface area contributed by atoms with Gasteiger partial charge in [-0.3, -0.25) is 10.1 Å². The summed E-state index contributed by atoms with van der Waals surface area (Å²) in [5.41, 5.74) is -1.80. The van der Waals surface area contributed by atoms with E-state index in [1.807, 2.05) is 0 Å². The number of alkyl halides is 3. The molecule has 0 N–H and O–H groups in total. The molecule has 0 amide bonds. The lowest BCUT2D eigenvalue weighted by Gasteiger charge is -2.11. The van der Waals surface area contributed by atoms with Gasteiger partial charge in [-0.25, -0.2) is 0 Å². The van der Waals surface area contributed by atoms with Gasteiger partial charge in [0, 0.05) is 18.6 Å². The monoisotopic (exact) mass is 247 g/mol. The van der Waals surface area contributed by atoms with E-state index in [0.29, 0.717) is 12.4 Å². The maximum atomic E-state index is 12.6. The Morgan fingerprint density at radius 3 is 2.47 bits per heavy atom. The van der Waals surface area contributed by atoms with Crippen LogP contribution in [0.2, 0.25) is 0 Å². The highest BCUT2D eigenvalue weighted by atomic mass is 19.4. The van der Waals surface area contributed by atoms with Crippen LogP contribution in [0.4, 0.5) is 18.9 Å². The standard InChI is InChI=1S/C10H8F3NO3/c11-10(12,13)9-6-8(14(16)17)4-3-7(9)2-1-5-15/h3-6H,1-2H2. The maximum absolute atomic E-state index is 12.6. The van der Waals surface area contributed by atoms with E-state index in [1.54, 1.807) is 0 Å². The third-order valence-corrected chi connectivity index (χ3v) is 2.14. The van der Waals surface area contributed by atoms with Gasteiger partial charge in [0.2, 0.25) is 0 Å². The number of nitro groups is 1. The number of hydrogen-bond donors (Lipinski definition) is 0. The van der Waals surface area contributed by atoms with Crippen LogP contribution in [-0.2, 0) is 17.4 Å². The second-order valence-corrected chi connectivity index (χ2v) is 3.30. The fourth-order valence-electron chi connectivity index (χ4n) is 1.37. The van der Waals surface area contributed by atoms with E-state index in [-0.39, 0.29) is 18.4 Å². The summed E-state index contributed by atoms with van der Waals surface area (Å²) in [6, 6.07) is 2.51. The van der Waals surface area contributed by atoms with Gasteiger partial charge in [-0.2, -0.15) is 13.2 Å². The van der Waals surface area contributed by atoms with Crippen LogP contribution in [0.15, 0.2) is 18.2 Å². The molecule has 0 radical (unpaired) electrons. The third kappa shape index (κ3) is 3.27. The van der Waals surface area contributed by atoms with Gasteiger partial charge in [0.05, 0.1) is 10.5 Å². The van der Waals surface area contributed by atoms with Gasteiger partial charge >= 0.3 is 6.18 Å². The molecule has 0 saturated carbocycles. The maximum Gasteiger partial charge on any atom is 0.416 e. The Balaban J connectivity index is 3.21. The summed E-state index contributed by atoms with van der Waals surface area (Å²) < 4.78 is 37.8. The summed E-state index contributed by atoms with van der Waals surface area (Å²) in [4.78, 5) is 19.6. The normalized spacial score (nSPS) is 11.2. The molecule has 7 heteroatoms. The number of carbonyl (C=O) groups excluding carboxylic acids is 1. The van der Waals surface area contributed by atoms with Crippen LogP contribution in [0.25, 0.3) is 0 Å². The molecule has 0 aliphatic heterocycles. The van der Waals surface area contributed by atoms with Gasteiger partial charge in [-0.05, 0) is 12.0 Å². The van der Waals surface area contributed by atoms with Crippen molar-refractivity contribution in [2.24, 2.45) is 0 Å². The summed E-state index contributed by atoms with van der Waals surface area (Å²) in [5, 5.41) is 10.4. The zero-order valence-electron chi connectivity index (χ0n) is 8.53. The molecule has 0 unspecified atom stereocenters. The first kappa shape index (κ1) is 13.1. The highest BCUT2D eigenvalue weighted by molar-refractivity contribution is 5.51. The van der Waals surface area contributed by atoms with E-state index in [9.17, 15) is 28.1 Å². The largest absolute Gasteiger partial charge is 0.416 e. The molecule has 4 nitrogen and oxygen atoms in total. The van der Waals surface area contributed by atoms with Crippen molar-refractivity contribution < 1.29 is 22.9 Å². The summed E-state index contributed by atoms with van der Waals surface area (Å²) in [6.45, 7) is 0. The van der Waals surface area contributed by atoms with E-state index < -0.39 is 22.4 Å². The Bertz CT molecular complexity index is 443. The van der Waals surface area contributed by atoms with Crippen molar-refractivity contribution >= 4 is 12.0 Å². The van der Waals surface area contributed by atoms with E-state index in [2.05, 4.69) is 0 Å². The van der Waals surface area contributed by atoms with Crippen molar-refractivity contribution in [3.63, 3.8) is 0 Å². The first-order valence-electron chi connectivity index (χ1n) is 4.64. The lowest BCUT2D eigenvalue weighted by molar-refractivity contribution is -0.385. The Morgan fingerprint density at radius 1 is 1.35 bits per heavy atom. The van der Waals surface area contributed by atoms with Crippen LogP contribution in [0, 0.1) is 10.1 Å². The van der Waals surface area contributed by atoms with Crippen LogP contribution in [0.1, 0.15) is 17.5 Å². The molecule has 0 fully saturated rings. The minimum Gasteiger partial charge on any atom is -0.303 e. The first-order valence-corrected chi connectivity index (χ1v) is 4.64. The van der Waals surface area contributed by atoms with Gasteiger partial charge in [0.15, 0.2) is 0 Å². The summed E-state index contributed by atoms with van der Waals surface area (Å²) in [7, 11) is 0. The molecular formula is C10H8F3NO3. The van der Waals surface area contributed by atoms with Crippen LogP contribution in [-0.4, -0.2) is 11.2 Å². The first-order chi connectivity index (χ1) is 7.86. The van der Waals surface area contributed by atoms with Crippen molar-refractivity contribution in [3.8, 4) is 0 Å². The van der Waals surface area contributed by atoms with Crippen molar-refractivity contribution in [1.82, 2.24) is 0 Å². The molecule has 0 aliphatic rings. The third-order valence-electron chi connectivity index (χ3n) is 2.14. The molecule has 0 aliphatic carbocycles. The number of hydrogen-bond acceptors (Lipinski definition) is 3. The molecule has 1 rings (SSSR count). The number of carbonyl (C=O) groups is 1. The highest BCUT2D eigenvalue weighted by Gasteiger charge is 2.34. The molecule has 17 heavy (non-hydrogen) atoms. The predicted molar refractivity (Wildman–Crippen MR) is 52.5 cm³/mol. The number of aryl methyl sites for hydroxylation is 1. The van der Waals surface area contributed by atoms with Gasteiger partial charge in [-0.15, -0.1) is 0 Å². The van der Waals surface area contributed by atoms with Gasteiger partial charge in [-0.1, -0.05) is 6.07 Å². The zero-order chi connectivity index (χ0) is 13.1. The van der Waals surface area contributed by atoms with Gasteiger partial charge < -0.3 is 4.79 Å². The number of rotatable bonds is 4. The fourth-order valence-corrected chi connectivity index (χ4v) is 1.37. The average Bonchev–Trinajstić information content (AvgIpc) is 2.24. The van der Waals surface area contributed by atoms with Crippen LogP contribution >= 0.6 is 0 Å². The average molecular weight is 247 g/mol. The number of benzene rings is 1. The van der Waals surface area contributed by atoms with Crippen molar-refractivity contribution in [3.05, 3.63) is 39.4 Å². The predicted octanol–water partition coefficient (Wildman–Crippen LogP) is 2.75. The number of nitrogens with zero attached hydrogens (tertiary/aromatic N) is 1. The molecule has 1 aromatic carbocycles. The number of aldehydes is 1. The SMILES string of the molecule is O=CCCc1ccc([N+](=O)[O-])cc1C(F)(F)F. The molecule has 0 heterocycles. The minimum absolute atomic E-state index is 0.0547. The van der Waals surface area contributed by atoms with E-state index >= 15 is 0 Å². The second kappa shape index (κ2) is 4.94. The fraction of sp³-hybridized carbons (Fsp3) is 0.300. The number of halogens is 3. The lowest BCUT2D eigenvalue weighted by atomic mass is 10.0. The van der Waals surface area contributed by atoms with Crippen molar-refractivity contribution in [2.45, 2.75) is 19.0 Å². The molecule has 0 aromatic heterocycles. The second-order valence-electron chi connectivity index (χ2n) is 3.30. The number of nitro benzene ring substituents is 1. The molecule has 0 bridgehead atoms. The summed E-state index contributed by atoms with van der Waals surface area (Å²) in [6.07, 6.45) is -4.30. The van der Waals surface area contributed by atoms with Crippen molar-refractivity contribution in [2.75, 3.05) is 0 Å².